The number of hydrogen-bond donors (Lipinski definition) is 0. The number of fused-ring (bicyclic) bond motifs is 1. The van der Waals surface area contributed by atoms with E-state index in [1.54, 1.807) is 24.1 Å². The topological polar surface area (TPSA) is 66.2 Å². The maximum absolute atomic E-state index is 11.9. The maximum atomic E-state index is 11.9. The van der Waals surface area contributed by atoms with Crippen LogP contribution in [0, 0.1) is 0 Å². The predicted molar refractivity (Wildman–Crippen MR) is 94.9 cm³/mol. The number of nitrogens with zero attached hydrogens (tertiary/aromatic N) is 3. The fraction of sp³-hybridized carbons (Fsp3) is 0.562. The molecular weight excluding hydrogens is 314 g/mol. The molecule has 0 aliphatic carbocycles. The smallest absolute Gasteiger partial charge is 0.359 e. The van der Waals surface area contributed by atoms with Crippen molar-refractivity contribution in [3.05, 3.63) is 18.0 Å². The highest BCUT2D eigenvalue weighted by molar-refractivity contribution is 8.32. The Morgan fingerprint density at radius 1 is 1.26 bits per heavy atom. The van der Waals surface area contributed by atoms with Crippen molar-refractivity contribution >= 4 is 27.0 Å². The molecule has 2 heterocycles. The van der Waals surface area contributed by atoms with E-state index in [4.69, 9.17) is 9.47 Å². The lowest BCUT2D eigenvalue weighted by Gasteiger charge is -2.24. The van der Waals surface area contributed by atoms with Crippen LogP contribution in [0.25, 0.3) is 11.0 Å². The summed E-state index contributed by atoms with van der Waals surface area (Å²) in [7, 11) is 2.45. The number of ether oxygens (including phenoxy) is 2. The summed E-state index contributed by atoms with van der Waals surface area (Å²) >= 11 is 0. The molecule has 0 atom stereocenters. The number of aryl methyl sites for hydroxylation is 1. The largest absolute Gasteiger partial charge is 0.495 e. The number of esters is 1. The molecule has 2 rings (SSSR count). The highest BCUT2D eigenvalue weighted by Gasteiger charge is 2.19. The van der Waals surface area contributed by atoms with Crippen molar-refractivity contribution < 1.29 is 14.3 Å². The maximum Gasteiger partial charge on any atom is 0.359 e. The van der Waals surface area contributed by atoms with Crippen LogP contribution in [0.4, 0.5) is 0 Å². The van der Waals surface area contributed by atoms with Crippen molar-refractivity contribution in [2.24, 2.45) is 0 Å². The zero-order valence-corrected chi connectivity index (χ0v) is 15.3. The second kappa shape index (κ2) is 7.21. The van der Waals surface area contributed by atoms with E-state index in [1.807, 2.05) is 0 Å². The molecule has 2 aromatic rings. The molecule has 0 radical (unpaired) electrons. The van der Waals surface area contributed by atoms with Crippen LogP contribution in [0.1, 0.15) is 23.3 Å². The number of unbranched alkanes of at least 4 members (excludes halogenated alkanes) is 1. The van der Waals surface area contributed by atoms with Crippen LogP contribution in [-0.2, 0) is 11.3 Å². The quantitative estimate of drug-likeness (QED) is 0.573. The molecule has 0 amide bonds. The minimum Gasteiger partial charge on any atom is -0.495 e. The predicted octanol–water partition coefficient (Wildman–Crippen LogP) is 2.70. The molecule has 0 unspecified atom stereocenters. The fourth-order valence-corrected chi connectivity index (χ4v) is 3.42. The first kappa shape index (κ1) is 17.6. The first-order valence-electron chi connectivity index (χ1n) is 7.50. The lowest BCUT2D eigenvalue weighted by atomic mass is 10.2. The van der Waals surface area contributed by atoms with Crippen LogP contribution in [0.15, 0.2) is 12.3 Å². The Kier molecular flexibility index (Phi) is 5.51. The van der Waals surface area contributed by atoms with Gasteiger partial charge in [-0.2, -0.15) is 5.10 Å². The summed E-state index contributed by atoms with van der Waals surface area (Å²) in [5.74, 6) is 1.37. The summed E-state index contributed by atoms with van der Waals surface area (Å²) in [6, 6.07) is 1.78. The lowest BCUT2D eigenvalue weighted by Crippen LogP contribution is -2.07. The normalized spacial score (nSPS) is 12.4. The van der Waals surface area contributed by atoms with Crippen molar-refractivity contribution in [2.75, 3.05) is 38.7 Å². The minimum atomic E-state index is -0.478. The fourth-order valence-electron chi connectivity index (χ4n) is 2.35. The van der Waals surface area contributed by atoms with E-state index < -0.39 is 16.0 Å². The van der Waals surface area contributed by atoms with E-state index in [1.165, 1.54) is 12.9 Å². The van der Waals surface area contributed by atoms with E-state index in [-0.39, 0.29) is 5.69 Å². The first-order valence-corrected chi connectivity index (χ1v) is 10.5. The average Bonchev–Trinajstić information content (AvgIpc) is 2.87. The Labute approximate surface area is 138 Å². The van der Waals surface area contributed by atoms with Crippen molar-refractivity contribution in [3.8, 4) is 5.75 Å². The summed E-state index contributed by atoms with van der Waals surface area (Å²) < 4.78 is 11.8. The van der Waals surface area contributed by atoms with Gasteiger partial charge in [0.15, 0.2) is 11.3 Å². The summed E-state index contributed by atoms with van der Waals surface area (Å²) in [4.78, 5) is 16.3. The molecule has 23 heavy (non-hydrogen) atoms. The number of aromatic nitrogens is 3. The molecule has 0 spiro atoms. The SMILES string of the molecule is COC(=O)c1nn(CCCCS(C)(C)C)c2ncc(OC)cc12. The molecule has 0 fully saturated rings. The molecule has 0 saturated carbocycles. The third-order valence-electron chi connectivity index (χ3n) is 3.55. The monoisotopic (exact) mass is 339 g/mol. The van der Waals surface area contributed by atoms with Crippen LogP contribution in [0.3, 0.4) is 0 Å². The van der Waals surface area contributed by atoms with Gasteiger partial charge in [0, 0.05) is 6.54 Å². The highest BCUT2D eigenvalue weighted by atomic mass is 32.3. The van der Waals surface area contributed by atoms with Crippen molar-refractivity contribution in [1.82, 2.24) is 14.8 Å². The van der Waals surface area contributed by atoms with Crippen LogP contribution >= 0.6 is 10.0 Å². The zero-order chi connectivity index (χ0) is 17.0. The Bertz CT molecular complexity index is 692. The van der Waals surface area contributed by atoms with Gasteiger partial charge in [-0.3, -0.25) is 0 Å². The number of pyridine rings is 1. The third kappa shape index (κ3) is 4.37. The average molecular weight is 339 g/mol. The number of rotatable bonds is 7. The Morgan fingerprint density at radius 3 is 2.61 bits per heavy atom. The van der Waals surface area contributed by atoms with Gasteiger partial charge in [0.2, 0.25) is 0 Å². The van der Waals surface area contributed by atoms with Gasteiger partial charge < -0.3 is 9.47 Å². The lowest BCUT2D eigenvalue weighted by molar-refractivity contribution is 0.0595. The zero-order valence-electron chi connectivity index (χ0n) is 14.5. The van der Waals surface area contributed by atoms with Gasteiger partial charge in [-0.05, 0) is 43.4 Å². The second-order valence-electron chi connectivity index (χ2n) is 6.31. The number of carbonyl (C=O) groups is 1. The minimum absolute atomic E-state index is 0.287. The molecule has 0 aliphatic rings. The molecule has 0 N–H and O–H groups in total. The molecule has 6 nitrogen and oxygen atoms in total. The standard InChI is InChI=1S/C16H25N3O3S/c1-21-12-10-13-14(16(20)22-2)18-19(15(13)17-11-12)8-6-7-9-23(3,4)5/h10-11H,6-9H2,1-5H3. The number of carbonyl (C=O) groups excluding carboxylic acids is 1. The molecule has 0 aliphatic heterocycles. The summed E-state index contributed by atoms with van der Waals surface area (Å²) in [5.41, 5.74) is 0.977. The molecule has 128 valence electrons. The summed E-state index contributed by atoms with van der Waals surface area (Å²) in [5, 5.41) is 5.06. The van der Waals surface area contributed by atoms with E-state index in [0.717, 1.165) is 19.4 Å². The highest BCUT2D eigenvalue weighted by Crippen LogP contribution is 2.35. The number of methoxy groups -OCH3 is 2. The van der Waals surface area contributed by atoms with E-state index in [9.17, 15) is 4.79 Å². The van der Waals surface area contributed by atoms with Gasteiger partial charge in [-0.15, -0.1) is 0 Å². The van der Waals surface area contributed by atoms with E-state index >= 15 is 0 Å². The summed E-state index contributed by atoms with van der Waals surface area (Å²) in [6.07, 6.45) is 10.7. The van der Waals surface area contributed by atoms with Gasteiger partial charge in [0.1, 0.15) is 5.75 Å². The van der Waals surface area contributed by atoms with Gasteiger partial charge >= 0.3 is 5.97 Å². The van der Waals surface area contributed by atoms with E-state index in [2.05, 4.69) is 28.8 Å². The van der Waals surface area contributed by atoms with Crippen molar-refractivity contribution in [1.29, 1.82) is 0 Å². The summed E-state index contributed by atoms with van der Waals surface area (Å²) in [6.45, 7) is 0.738. The molecule has 7 heteroatoms. The van der Waals surface area contributed by atoms with Crippen LogP contribution in [-0.4, -0.2) is 59.5 Å². The molecule has 0 bridgehead atoms. The van der Waals surface area contributed by atoms with Gasteiger partial charge in [0.25, 0.3) is 0 Å². The van der Waals surface area contributed by atoms with Crippen LogP contribution in [0.2, 0.25) is 0 Å². The van der Waals surface area contributed by atoms with E-state index in [0.29, 0.717) is 16.8 Å². The Hall–Kier alpha value is -1.76. The van der Waals surface area contributed by atoms with Crippen LogP contribution < -0.4 is 4.74 Å². The van der Waals surface area contributed by atoms with Crippen molar-refractivity contribution in [3.63, 3.8) is 0 Å². The molecular formula is C16H25N3O3S. The van der Waals surface area contributed by atoms with Gasteiger partial charge in [-0.1, -0.05) is 0 Å². The van der Waals surface area contributed by atoms with Gasteiger partial charge in [-0.25, -0.2) is 24.5 Å². The molecule has 0 aromatic carbocycles. The van der Waals surface area contributed by atoms with Crippen molar-refractivity contribution in [2.45, 2.75) is 19.4 Å². The number of hydrogen-bond acceptors (Lipinski definition) is 5. The molecule has 2 aromatic heterocycles. The van der Waals surface area contributed by atoms with Crippen LogP contribution in [0.5, 0.6) is 5.75 Å². The second-order valence-corrected chi connectivity index (χ2v) is 10.9. The first-order chi connectivity index (χ1) is 10.9. The van der Waals surface area contributed by atoms with Gasteiger partial charge in [0.05, 0.1) is 25.8 Å². The Morgan fingerprint density at radius 2 is 2.00 bits per heavy atom. The Balaban J connectivity index is 2.24. The third-order valence-corrected chi connectivity index (χ3v) is 5.07. The molecule has 0 saturated heterocycles.